The van der Waals surface area contributed by atoms with Crippen molar-refractivity contribution >= 4 is 22.6 Å². The first-order chi connectivity index (χ1) is 13.8. The molecule has 1 aliphatic heterocycles. The standard InChI is InChI=1S/C23H48O5Si2/c1-12-30(13-2,14-3)28-20(17(4)21-18(5)22(24)26-21)15-19(16-25-9)27-29(10,11)23(6,7)8/h17-21H,12-16H2,1-11H3/t17-,18+,19+,20+,21-/m0/s1. The number of hydrogen-bond acceptors (Lipinski definition) is 5. The smallest absolute Gasteiger partial charge is 0.312 e. The summed E-state index contributed by atoms with van der Waals surface area (Å²) in [6, 6.07) is 3.30. The Bertz CT molecular complexity index is 534. The van der Waals surface area contributed by atoms with E-state index in [1.807, 2.05) is 6.92 Å². The maximum absolute atomic E-state index is 11.8. The van der Waals surface area contributed by atoms with Crippen LogP contribution in [0.25, 0.3) is 0 Å². The van der Waals surface area contributed by atoms with E-state index in [4.69, 9.17) is 18.3 Å². The van der Waals surface area contributed by atoms with Crippen LogP contribution in [-0.2, 0) is 23.1 Å². The highest BCUT2D eigenvalue weighted by atomic mass is 28.4. The number of methoxy groups -OCH3 is 1. The lowest BCUT2D eigenvalue weighted by Crippen LogP contribution is -2.54. The van der Waals surface area contributed by atoms with Gasteiger partial charge in [0.15, 0.2) is 16.6 Å². The van der Waals surface area contributed by atoms with Gasteiger partial charge in [-0.3, -0.25) is 4.79 Å². The number of hydrogen-bond donors (Lipinski definition) is 0. The minimum absolute atomic E-state index is 0.00184. The summed E-state index contributed by atoms with van der Waals surface area (Å²) in [5.74, 6) is -0.0209. The Kier molecular flexibility index (Phi) is 10.3. The molecule has 1 aliphatic rings. The van der Waals surface area contributed by atoms with Gasteiger partial charge in [-0.05, 0) is 49.6 Å². The molecule has 0 aromatic rings. The Labute approximate surface area is 187 Å². The van der Waals surface area contributed by atoms with Gasteiger partial charge in [0.1, 0.15) is 6.10 Å². The van der Waals surface area contributed by atoms with Gasteiger partial charge in [0.2, 0.25) is 0 Å². The lowest BCUT2D eigenvalue weighted by Gasteiger charge is -2.45. The molecule has 0 aromatic carbocycles. The lowest BCUT2D eigenvalue weighted by atomic mass is 9.84. The van der Waals surface area contributed by atoms with Crippen LogP contribution in [0, 0.1) is 11.8 Å². The molecule has 0 amide bonds. The molecule has 0 bridgehead atoms. The second kappa shape index (κ2) is 11.1. The average Bonchev–Trinajstić information content (AvgIpc) is 2.67. The molecule has 0 aliphatic carbocycles. The monoisotopic (exact) mass is 460 g/mol. The molecule has 30 heavy (non-hydrogen) atoms. The molecule has 0 aromatic heterocycles. The highest BCUT2D eigenvalue weighted by Crippen LogP contribution is 2.40. The van der Waals surface area contributed by atoms with Crippen LogP contribution in [0.15, 0.2) is 0 Å². The predicted octanol–water partition coefficient (Wildman–Crippen LogP) is 6.00. The van der Waals surface area contributed by atoms with E-state index < -0.39 is 16.6 Å². The summed E-state index contributed by atoms with van der Waals surface area (Å²) in [7, 11) is -2.04. The van der Waals surface area contributed by atoms with Crippen LogP contribution in [-0.4, -0.2) is 54.6 Å². The van der Waals surface area contributed by atoms with Crippen LogP contribution in [0.2, 0.25) is 36.3 Å². The molecular formula is C23H48O5Si2. The largest absolute Gasteiger partial charge is 0.461 e. The van der Waals surface area contributed by atoms with Crippen molar-refractivity contribution in [1.82, 2.24) is 0 Å². The summed E-state index contributed by atoms with van der Waals surface area (Å²) in [5, 5.41) is 0.133. The number of esters is 1. The maximum Gasteiger partial charge on any atom is 0.312 e. The zero-order chi connectivity index (χ0) is 23.3. The number of rotatable bonds is 13. The lowest BCUT2D eigenvalue weighted by molar-refractivity contribution is -0.193. The van der Waals surface area contributed by atoms with E-state index in [2.05, 4.69) is 61.6 Å². The van der Waals surface area contributed by atoms with Gasteiger partial charge in [-0.15, -0.1) is 0 Å². The van der Waals surface area contributed by atoms with E-state index in [9.17, 15) is 4.79 Å². The van der Waals surface area contributed by atoms with E-state index >= 15 is 0 Å². The van der Waals surface area contributed by atoms with Crippen molar-refractivity contribution in [2.75, 3.05) is 13.7 Å². The summed E-state index contributed by atoms with van der Waals surface area (Å²) in [4.78, 5) is 11.8. The van der Waals surface area contributed by atoms with Crippen LogP contribution in [0.4, 0.5) is 0 Å². The van der Waals surface area contributed by atoms with Gasteiger partial charge in [0.05, 0.1) is 24.7 Å². The molecule has 0 spiro atoms. The maximum atomic E-state index is 11.8. The van der Waals surface area contributed by atoms with Crippen LogP contribution in [0.5, 0.6) is 0 Å². The third-order valence-corrected chi connectivity index (χ3v) is 16.9. The van der Waals surface area contributed by atoms with E-state index in [1.165, 1.54) is 0 Å². The van der Waals surface area contributed by atoms with Crippen molar-refractivity contribution in [3.8, 4) is 0 Å². The molecule has 0 saturated carbocycles. The second-order valence-electron chi connectivity index (χ2n) is 10.6. The molecule has 0 unspecified atom stereocenters. The highest BCUT2D eigenvalue weighted by Gasteiger charge is 2.47. The molecule has 1 rings (SSSR count). The minimum Gasteiger partial charge on any atom is -0.461 e. The first kappa shape index (κ1) is 27.8. The fraction of sp³-hybridized carbons (Fsp3) is 0.957. The molecule has 1 fully saturated rings. The topological polar surface area (TPSA) is 54.0 Å². The van der Waals surface area contributed by atoms with Gasteiger partial charge in [-0.25, -0.2) is 0 Å². The molecule has 5 nitrogen and oxygen atoms in total. The van der Waals surface area contributed by atoms with E-state index in [0.29, 0.717) is 6.61 Å². The third-order valence-electron chi connectivity index (χ3n) is 7.67. The highest BCUT2D eigenvalue weighted by molar-refractivity contribution is 6.74. The number of ether oxygens (including phenoxy) is 2. The summed E-state index contributed by atoms with van der Waals surface area (Å²) in [6.07, 6.45) is 0.682. The minimum atomic E-state index is -1.95. The quantitative estimate of drug-likeness (QED) is 0.249. The number of cyclic esters (lactones) is 1. The summed E-state index contributed by atoms with van der Waals surface area (Å²) in [6.45, 7) is 22.8. The van der Waals surface area contributed by atoms with Gasteiger partial charge in [-0.1, -0.05) is 48.5 Å². The van der Waals surface area contributed by atoms with Gasteiger partial charge in [0, 0.05) is 13.0 Å². The van der Waals surface area contributed by atoms with Crippen molar-refractivity contribution in [3.05, 3.63) is 0 Å². The molecule has 0 N–H and O–H groups in total. The van der Waals surface area contributed by atoms with Gasteiger partial charge in [0.25, 0.3) is 0 Å². The van der Waals surface area contributed by atoms with E-state index in [-0.39, 0.29) is 41.2 Å². The van der Waals surface area contributed by atoms with Crippen LogP contribution < -0.4 is 0 Å². The number of carbonyl (C=O) groups is 1. The normalized spacial score (nSPS) is 23.5. The first-order valence-corrected chi connectivity index (χ1v) is 17.3. The Morgan fingerprint density at radius 3 is 1.97 bits per heavy atom. The summed E-state index contributed by atoms with van der Waals surface area (Å²) >= 11 is 0. The Morgan fingerprint density at radius 1 is 1.07 bits per heavy atom. The van der Waals surface area contributed by atoms with Crippen LogP contribution >= 0.6 is 0 Å². The second-order valence-corrected chi connectivity index (χ2v) is 20.1. The van der Waals surface area contributed by atoms with Crippen LogP contribution in [0.1, 0.15) is 61.8 Å². The third kappa shape index (κ3) is 6.64. The molecule has 7 heteroatoms. The molecular weight excluding hydrogens is 412 g/mol. The number of carbonyl (C=O) groups excluding carboxylic acids is 1. The van der Waals surface area contributed by atoms with Gasteiger partial charge >= 0.3 is 5.97 Å². The fourth-order valence-electron chi connectivity index (χ4n) is 4.06. The first-order valence-electron chi connectivity index (χ1n) is 11.8. The summed E-state index contributed by atoms with van der Waals surface area (Å²) in [5.41, 5.74) is 0. The molecule has 178 valence electrons. The van der Waals surface area contributed by atoms with Crippen molar-refractivity contribution in [2.45, 2.75) is 116 Å². The Morgan fingerprint density at radius 2 is 1.60 bits per heavy atom. The van der Waals surface area contributed by atoms with Gasteiger partial charge < -0.3 is 18.3 Å². The van der Waals surface area contributed by atoms with Crippen molar-refractivity contribution in [1.29, 1.82) is 0 Å². The van der Waals surface area contributed by atoms with E-state index in [0.717, 1.165) is 24.6 Å². The van der Waals surface area contributed by atoms with Crippen molar-refractivity contribution in [3.63, 3.8) is 0 Å². The summed E-state index contributed by atoms with van der Waals surface area (Å²) < 4.78 is 24.9. The van der Waals surface area contributed by atoms with Crippen molar-refractivity contribution < 1.29 is 23.1 Å². The molecule has 0 radical (unpaired) electrons. The average molecular weight is 461 g/mol. The fourth-order valence-corrected chi connectivity index (χ4v) is 8.36. The molecule has 1 saturated heterocycles. The molecule has 5 atom stereocenters. The predicted molar refractivity (Wildman–Crippen MR) is 129 cm³/mol. The van der Waals surface area contributed by atoms with E-state index in [1.54, 1.807) is 7.11 Å². The zero-order valence-electron chi connectivity index (χ0n) is 21.5. The van der Waals surface area contributed by atoms with Gasteiger partial charge in [-0.2, -0.15) is 0 Å². The Hall–Kier alpha value is -0.216. The zero-order valence-corrected chi connectivity index (χ0v) is 23.5. The molecule has 1 heterocycles. The van der Waals surface area contributed by atoms with Crippen LogP contribution in [0.3, 0.4) is 0 Å². The Balaban J connectivity index is 3.12. The SMILES string of the molecule is CC[Si](CC)(CC)O[C@H](C[C@H](COC)O[Si](C)(C)C(C)(C)C)[C@H](C)[C@@H]1OC(=O)[C@@H]1C. The van der Waals surface area contributed by atoms with Crippen molar-refractivity contribution in [2.24, 2.45) is 11.8 Å².